The summed E-state index contributed by atoms with van der Waals surface area (Å²) in [6.07, 6.45) is 6.92. The lowest BCUT2D eigenvalue weighted by Crippen LogP contribution is -2.10. The molecular formula is C6H9NO5S. The molecule has 0 aliphatic carbocycles. The Balaban J connectivity index is 0.000000252. The first-order chi connectivity index (χ1) is 5.93. The molecular weight excluding hydrogens is 198 g/mol. The third-order valence-corrected chi connectivity index (χ3v) is 0.819. The number of hydrogen-bond donors (Lipinski definition) is 3. The second-order valence-corrected chi connectivity index (χ2v) is 2.72. The predicted molar refractivity (Wildman–Crippen MR) is 45.8 cm³/mol. The van der Waals surface area contributed by atoms with E-state index in [0.29, 0.717) is 0 Å². The Bertz CT molecular complexity index is 308. The van der Waals surface area contributed by atoms with Crippen LogP contribution in [-0.2, 0) is 15.2 Å². The van der Waals surface area contributed by atoms with E-state index in [1.165, 1.54) is 0 Å². The van der Waals surface area contributed by atoms with Crippen molar-refractivity contribution in [2.75, 3.05) is 0 Å². The maximum Gasteiger partial charge on any atom is 0.394 e. The van der Waals surface area contributed by atoms with Gasteiger partial charge in [-0.15, -0.1) is 0 Å². The highest BCUT2D eigenvalue weighted by Crippen LogP contribution is 1.95. The predicted octanol–water partition coefficient (Wildman–Crippen LogP) is 0.452. The summed E-state index contributed by atoms with van der Waals surface area (Å²) < 4.78 is 31.6. The van der Waals surface area contributed by atoms with E-state index < -0.39 is 10.4 Å². The highest BCUT2D eigenvalue weighted by Gasteiger charge is 1.88. The van der Waals surface area contributed by atoms with E-state index in [4.69, 9.17) is 22.4 Å². The number of hydrogen-bond acceptors (Lipinski definition) is 4. The Morgan fingerprint density at radius 3 is 2.31 bits per heavy atom. The molecule has 13 heavy (non-hydrogen) atoms. The smallest absolute Gasteiger partial charge is 0.390 e. The van der Waals surface area contributed by atoms with Crippen molar-refractivity contribution in [3.63, 3.8) is 0 Å². The Hall–Kier alpha value is -1.31. The molecule has 6 nitrogen and oxygen atoms in total. The lowest BCUT2D eigenvalue weighted by atomic mass is 10.4. The molecule has 0 atom stereocenters. The van der Waals surface area contributed by atoms with Gasteiger partial charge in [-0.2, -0.15) is 8.42 Å². The van der Waals surface area contributed by atoms with Gasteiger partial charge >= 0.3 is 10.4 Å². The van der Waals surface area contributed by atoms with Gasteiger partial charge in [-0.1, -0.05) is 6.58 Å². The Kier molecular flexibility index (Phi) is 4.82. The van der Waals surface area contributed by atoms with Crippen molar-refractivity contribution < 1.29 is 22.4 Å². The van der Waals surface area contributed by atoms with E-state index in [2.05, 4.69) is 12.1 Å². The van der Waals surface area contributed by atoms with Crippen molar-refractivity contribution in [2.24, 2.45) is 0 Å². The molecule has 74 valence electrons. The van der Waals surface area contributed by atoms with Gasteiger partial charge in [0.2, 0.25) is 0 Å². The van der Waals surface area contributed by atoms with E-state index in [9.17, 15) is 0 Å². The first-order valence-corrected chi connectivity index (χ1v) is 4.44. The molecule has 0 amide bonds. The molecule has 0 bridgehead atoms. The highest BCUT2D eigenvalue weighted by molar-refractivity contribution is 7.79. The largest absolute Gasteiger partial charge is 0.394 e. The zero-order valence-corrected chi connectivity index (χ0v) is 7.36. The summed E-state index contributed by atoms with van der Waals surface area (Å²) in [5, 5.41) is 0. The average Bonchev–Trinajstić information content (AvgIpc) is 2.03. The molecule has 1 rings (SSSR count). The Labute approximate surface area is 75.7 Å². The van der Waals surface area contributed by atoms with Gasteiger partial charge in [0.1, 0.15) is 6.26 Å². The van der Waals surface area contributed by atoms with Crippen molar-refractivity contribution in [3.05, 3.63) is 36.8 Å². The Morgan fingerprint density at radius 2 is 2.08 bits per heavy atom. The van der Waals surface area contributed by atoms with Crippen molar-refractivity contribution in [3.8, 4) is 0 Å². The molecule has 1 aliphatic heterocycles. The van der Waals surface area contributed by atoms with Crippen LogP contribution < -0.4 is 5.48 Å². The number of nitrogens with one attached hydrogen (secondary N) is 1. The SMILES string of the molecule is C=CC1=CC=CON1.O=S(=O)(O)O. The monoisotopic (exact) mass is 207 g/mol. The van der Waals surface area contributed by atoms with Gasteiger partial charge in [-0.3, -0.25) is 9.11 Å². The van der Waals surface area contributed by atoms with Crippen molar-refractivity contribution >= 4 is 10.4 Å². The van der Waals surface area contributed by atoms with Gasteiger partial charge in [-0.25, -0.2) is 5.48 Å². The summed E-state index contributed by atoms with van der Waals surface area (Å²) in [7, 11) is -4.67. The highest BCUT2D eigenvalue weighted by atomic mass is 32.3. The van der Waals surface area contributed by atoms with Crippen LogP contribution in [0.15, 0.2) is 36.8 Å². The topological polar surface area (TPSA) is 95.9 Å². The minimum atomic E-state index is -4.67. The van der Waals surface area contributed by atoms with E-state index >= 15 is 0 Å². The minimum Gasteiger partial charge on any atom is -0.390 e. The first kappa shape index (κ1) is 11.7. The normalized spacial score (nSPS) is 14.2. The molecule has 0 spiro atoms. The molecule has 7 heteroatoms. The molecule has 1 aliphatic rings. The molecule has 0 aromatic carbocycles. The molecule has 0 unspecified atom stereocenters. The zero-order chi connectivity index (χ0) is 10.3. The fraction of sp³-hybridized carbons (Fsp3) is 0. The summed E-state index contributed by atoms with van der Waals surface area (Å²) in [6, 6.07) is 0. The van der Waals surface area contributed by atoms with E-state index in [0.717, 1.165) is 5.70 Å². The van der Waals surface area contributed by atoms with Crippen molar-refractivity contribution in [1.82, 2.24) is 5.48 Å². The molecule has 0 aromatic heterocycles. The molecule has 0 radical (unpaired) electrons. The van der Waals surface area contributed by atoms with E-state index in [1.54, 1.807) is 18.4 Å². The summed E-state index contributed by atoms with van der Waals surface area (Å²) in [6.45, 7) is 3.54. The maximum atomic E-state index is 8.74. The van der Waals surface area contributed by atoms with E-state index in [1.807, 2.05) is 6.08 Å². The average molecular weight is 207 g/mol. The van der Waals surface area contributed by atoms with Crippen LogP contribution in [0, 0.1) is 0 Å². The third-order valence-electron chi connectivity index (χ3n) is 0.819. The molecule has 0 fully saturated rings. The summed E-state index contributed by atoms with van der Waals surface area (Å²) in [4.78, 5) is 4.70. The molecule has 0 saturated heterocycles. The fourth-order valence-electron chi connectivity index (χ4n) is 0.428. The quantitative estimate of drug-likeness (QED) is 0.540. The van der Waals surface area contributed by atoms with Crippen LogP contribution in [0.25, 0.3) is 0 Å². The lowest BCUT2D eigenvalue weighted by molar-refractivity contribution is 0.163. The van der Waals surface area contributed by atoms with E-state index in [-0.39, 0.29) is 0 Å². The number of rotatable bonds is 1. The second kappa shape index (κ2) is 5.36. The van der Waals surface area contributed by atoms with Gasteiger partial charge < -0.3 is 4.84 Å². The van der Waals surface area contributed by atoms with Gasteiger partial charge in [0.05, 0.1) is 5.70 Å². The van der Waals surface area contributed by atoms with Crippen LogP contribution >= 0.6 is 0 Å². The van der Waals surface area contributed by atoms with Crippen LogP contribution in [-0.4, -0.2) is 17.5 Å². The van der Waals surface area contributed by atoms with Crippen molar-refractivity contribution in [1.29, 1.82) is 0 Å². The van der Waals surface area contributed by atoms with Gasteiger partial charge in [0.25, 0.3) is 0 Å². The van der Waals surface area contributed by atoms with Crippen LogP contribution in [0.4, 0.5) is 0 Å². The fourth-order valence-corrected chi connectivity index (χ4v) is 0.428. The molecule has 0 saturated carbocycles. The number of allylic oxidation sites excluding steroid dienone is 3. The third kappa shape index (κ3) is 10.7. The minimum absolute atomic E-state index is 0.882. The molecule has 3 N–H and O–H groups in total. The van der Waals surface area contributed by atoms with Crippen LogP contribution in [0.3, 0.4) is 0 Å². The van der Waals surface area contributed by atoms with Gasteiger partial charge in [0.15, 0.2) is 0 Å². The van der Waals surface area contributed by atoms with Crippen LogP contribution in [0.2, 0.25) is 0 Å². The van der Waals surface area contributed by atoms with Crippen LogP contribution in [0.1, 0.15) is 0 Å². The van der Waals surface area contributed by atoms with Gasteiger partial charge in [0, 0.05) is 0 Å². The standard InChI is InChI=1S/C6H7NO.H2O4S/c1-2-6-4-3-5-8-7-6;1-5(2,3)4/h2-5,7H,1H2;(H2,1,2,3,4). The summed E-state index contributed by atoms with van der Waals surface area (Å²) in [5.41, 5.74) is 3.51. The zero-order valence-electron chi connectivity index (χ0n) is 6.54. The van der Waals surface area contributed by atoms with Crippen molar-refractivity contribution in [2.45, 2.75) is 0 Å². The lowest BCUT2D eigenvalue weighted by Gasteiger charge is -2.06. The summed E-state index contributed by atoms with van der Waals surface area (Å²) in [5.74, 6) is 0. The Morgan fingerprint density at radius 1 is 1.54 bits per heavy atom. The summed E-state index contributed by atoms with van der Waals surface area (Å²) >= 11 is 0. The van der Waals surface area contributed by atoms with Crippen LogP contribution in [0.5, 0.6) is 0 Å². The molecule has 0 aromatic rings. The first-order valence-electron chi connectivity index (χ1n) is 3.04. The second-order valence-electron chi connectivity index (χ2n) is 1.82. The van der Waals surface area contributed by atoms with Gasteiger partial charge in [-0.05, 0) is 18.2 Å². The molecule has 1 heterocycles. The number of hydroxylamine groups is 1. The maximum absolute atomic E-state index is 8.74.